The molecule has 3 aromatic rings. The third kappa shape index (κ3) is 4.81. The summed E-state index contributed by atoms with van der Waals surface area (Å²) in [5.74, 6) is -0.703. The fraction of sp³-hybridized carbons (Fsp3) is 0.227. The Hall–Kier alpha value is -2.77. The lowest BCUT2D eigenvalue weighted by atomic mass is 10.1. The number of carbonyl (C=O) groups is 1. The highest BCUT2D eigenvalue weighted by molar-refractivity contribution is 7.79. The first-order chi connectivity index (χ1) is 13.8. The number of ether oxygens (including phenoxy) is 1. The monoisotopic (exact) mass is 415 g/mol. The zero-order chi connectivity index (χ0) is 21.1. The van der Waals surface area contributed by atoms with Crippen LogP contribution in [0.15, 0.2) is 59.5 Å². The Labute approximate surface area is 171 Å². The minimum Gasteiger partial charge on any atom is -0.463 e. The van der Waals surface area contributed by atoms with Crippen LogP contribution in [0.3, 0.4) is 0 Å². The third-order valence-electron chi connectivity index (χ3n) is 4.47. The number of rotatable bonds is 6. The molecule has 0 aliphatic carbocycles. The van der Waals surface area contributed by atoms with Crippen molar-refractivity contribution in [2.75, 3.05) is 0 Å². The first-order valence-corrected chi connectivity index (χ1v) is 10.2. The molecule has 7 heteroatoms. The minimum absolute atomic E-state index is 0.0953. The predicted molar refractivity (Wildman–Crippen MR) is 110 cm³/mol. The average molecular weight is 415 g/mol. The predicted octanol–water partition coefficient (Wildman–Crippen LogP) is 4.67. The zero-order valence-corrected chi connectivity index (χ0v) is 17.2. The van der Waals surface area contributed by atoms with Crippen molar-refractivity contribution in [3.8, 4) is 16.9 Å². The van der Waals surface area contributed by atoms with E-state index in [2.05, 4.69) is 0 Å². The van der Waals surface area contributed by atoms with Crippen molar-refractivity contribution in [2.24, 2.45) is 0 Å². The van der Waals surface area contributed by atoms with Crippen LogP contribution in [0.5, 0.6) is 0 Å². The second kappa shape index (κ2) is 8.71. The smallest absolute Gasteiger partial charge is 0.310 e. The Bertz CT molecular complexity index is 1060. The van der Waals surface area contributed by atoms with E-state index in [9.17, 15) is 17.9 Å². The molecule has 0 spiro atoms. The van der Waals surface area contributed by atoms with Crippen LogP contribution in [0.1, 0.15) is 25.1 Å². The van der Waals surface area contributed by atoms with Crippen molar-refractivity contribution in [1.82, 2.24) is 4.57 Å². The topological polar surface area (TPSA) is 68.5 Å². The van der Waals surface area contributed by atoms with E-state index < -0.39 is 11.1 Å². The Kier molecular flexibility index (Phi) is 6.30. The lowest BCUT2D eigenvalue weighted by molar-refractivity contribution is -0.146. The number of hydrogen-bond donors (Lipinski definition) is 1. The van der Waals surface area contributed by atoms with Crippen LogP contribution < -0.4 is 0 Å². The number of nitrogens with zero attached hydrogens (tertiary/aromatic N) is 1. The minimum atomic E-state index is -2.07. The fourth-order valence-corrected chi connectivity index (χ4v) is 3.57. The summed E-state index contributed by atoms with van der Waals surface area (Å²) in [6.07, 6.45) is -0.114. The molecular weight excluding hydrogens is 393 g/mol. The third-order valence-corrected chi connectivity index (χ3v) is 5.15. The van der Waals surface area contributed by atoms with Crippen LogP contribution in [0, 0.1) is 12.7 Å². The molecule has 0 saturated heterocycles. The highest BCUT2D eigenvalue weighted by Crippen LogP contribution is 2.31. The van der Waals surface area contributed by atoms with Crippen LogP contribution in [0.2, 0.25) is 0 Å². The summed E-state index contributed by atoms with van der Waals surface area (Å²) in [6, 6.07) is 14.7. The van der Waals surface area contributed by atoms with Gasteiger partial charge in [0, 0.05) is 11.4 Å². The number of benzene rings is 2. The SMILES string of the molecule is Cc1c(CC(=O)OC(C)C)cc(-c2ccc(S(=O)O)cc2)n1-c1cccc(F)c1. The van der Waals surface area contributed by atoms with Crippen LogP contribution in [0.25, 0.3) is 16.9 Å². The van der Waals surface area contributed by atoms with Gasteiger partial charge in [-0.25, -0.2) is 8.60 Å². The quantitative estimate of drug-likeness (QED) is 0.469. The van der Waals surface area contributed by atoms with Gasteiger partial charge in [0.05, 0.1) is 23.1 Å². The van der Waals surface area contributed by atoms with E-state index in [0.717, 1.165) is 22.5 Å². The van der Waals surface area contributed by atoms with Crippen molar-refractivity contribution < 1.29 is 22.7 Å². The molecule has 1 atom stereocenters. The van der Waals surface area contributed by atoms with Crippen LogP contribution in [-0.2, 0) is 27.0 Å². The van der Waals surface area contributed by atoms with Gasteiger partial charge < -0.3 is 13.9 Å². The number of esters is 1. The molecule has 5 nitrogen and oxygen atoms in total. The van der Waals surface area contributed by atoms with Crippen molar-refractivity contribution in [3.63, 3.8) is 0 Å². The Morgan fingerprint density at radius 1 is 1.17 bits per heavy atom. The second-order valence-corrected chi connectivity index (χ2v) is 7.91. The van der Waals surface area contributed by atoms with E-state index in [1.807, 2.05) is 17.6 Å². The van der Waals surface area contributed by atoms with Gasteiger partial charge in [-0.15, -0.1) is 0 Å². The molecule has 0 saturated carbocycles. The molecule has 0 radical (unpaired) electrons. The highest BCUT2D eigenvalue weighted by atomic mass is 32.2. The molecule has 29 heavy (non-hydrogen) atoms. The summed E-state index contributed by atoms with van der Waals surface area (Å²) < 4.78 is 41.5. The molecule has 152 valence electrons. The zero-order valence-electron chi connectivity index (χ0n) is 16.4. The van der Waals surface area contributed by atoms with Crippen molar-refractivity contribution in [3.05, 3.63) is 71.7 Å². The van der Waals surface area contributed by atoms with Gasteiger partial charge in [0.2, 0.25) is 0 Å². The number of carbonyl (C=O) groups excluding carboxylic acids is 1. The largest absolute Gasteiger partial charge is 0.463 e. The van der Waals surface area contributed by atoms with E-state index in [4.69, 9.17) is 4.74 Å². The molecule has 0 bridgehead atoms. The fourth-order valence-electron chi connectivity index (χ4n) is 3.20. The van der Waals surface area contributed by atoms with E-state index >= 15 is 0 Å². The Balaban J connectivity index is 2.11. The lowest BCUT2D eigenvalue weighted by Gasteiger charge is -2.13. The van der Waals surface area contributed by atoms with Gasteiger partial charge in [-0.1, -0.05) is 18.2 Å². The lowest BCUT2D eigenvalue weighted by Crippen LogP contribution is -2.14. The molecule has 1 N–H and O–H groups in total. The normalized spacial score (nSPS) is 12.2. The standard InChI is InChI=1S/C22H22FNO4S/c1-14(2)28-22(25)12-17-11-21(16-7-9-20(10-8-16)29(26)27)24(15(17)3)19-6-4-5-18(23)13-19/h4-11,13-14H,12H2,1-3H3,(H,26,27). The van der Waals surface area contributed by atoms with Gasteiger partial charge in [0.1, 0.15) is 5.82 Å². The maximum atomic E-state index is 13.9. The summed E-state index contributed by atoms with van der Waals surface area (Å²) >= 11 is -2.07. The van der Waals surface area contributed by atoms with Gasteiger partial charge in [0.25, 0.3) is 0 Å². The highest BCUT2D eigenvalue weighted by Gasteiger charge is 2.18. The first kappa shape index (κ1) is 21.0. The van der Waals surface area contributed by atoms with Gasteiger partial charge in [-0.05, 0) is 68.3 Å². The van der Waals surface area contributed by atoms with Gasteiger partial charge >= 0.3 is 5.97 Å². The first-order valence-electron chi connectivity index (χ1n) is 9.14. The summed E-state index contributed by atoms with van der Waals surface area (Å²) in [4.78, 5) is 12.5. The van der Waals surface area contributed by atoms with E-state index in [-0.39, 0.29) is 29.2 Å². The molecule has 1 aromatic heterocycles. The van der Waals surface area contributed by atoms with E-state index in [0.29, 0.717) is 5.69 Å². The van der Waals surface area contributed by atoms with Crippen LogP contribution in [0.4, 0.5) is 4.39 Å². The molecule has 2 aromatic carbocycles. The molecule has 0 fully saturated rings. The van der Waals surface area contributed by atoms with Crippen molar-refractivity contribution in [1.29, 1.82) is 0 Å². The summed E-state index contributed by atoms with van der Waals surface area (Å²) in [7, 11) is 0. The van der Waals surface area contributed by atoms with E-state index in [1.54, 1.807) is 50.2 Å². The molecule has 0 aliphatic heterocycles. The summed E-state index contributed by atoms with van der Waals surface area (Å²) in [6.45, 7) is 5.45. The van der Waals surface area contributed by atoms with Gasteiger partial charge in [-0.3, -0.25) is 4.79 Å². The van der Waals surface area contributed by atoms with Crippen LogP contribution >= 0.6 is 0 Å². The van der Waals surface area contributed by atoms with Gasteiger partial charge in [0.15, 0.2) is 11.1 Å². The molecular formula is C22H22FNO4S. The van der Waals surface area contributed by atoms with Crippen molar-refractivity contribution in [2.45, 2.75) is 38.2 Å². The second-order valence-electron chi connectivity index (χ2n) is 6.94. The maximum Gasteiger partial charge on any atom is 0.310 e. The molecule has 1 heterocycles. The summed E-state index contributed by atoms with van der Waals surface area (Å²) in [5, 5.41) is 0. The molecule has 0 aliphatic rings. The maximum absolute atomic E-state index is 13.9. The summed E-state index contributed by atoms with van der Waals surface area (Å²) in [5.41, 5.74) is 3.70. The average Bonchev–Trinajstić information content (AvgIpc) is 2.97. The Morgan fingerprint density at radius 2 is 1.86 bits per heavy atom. The van der Waals surface area contributed by atoms with Gasteiger partial charge in [-0.2, -0.15) is 0 Å². The number of halogens is 1. The van der Waals surface area contributed by atoms with E-state index in [1.165, 1.54) is 12.1 Å². The van der Waals surface area contributed by atoms with Crippen molar-refractivity contribution >= 4 is 17.0 Å². The Morgan fingerprint density at radius 3 is 2.45 bits per heavy atom. The number of aromatic nitrogens is 1. The number of hydrogen-bond acceptors (Lipinski definition) is 3. The molecule has 0 amide bonds. The van der Waals surface area contributed by atoms with Crippen LogP contribution in [-0.4, -0.2) is 25.4 Å². The molecule has 1 unspecified atom stereocenters. The molecule has 3 rings (SSSR count).